The molecule has 7 nitrogen and oxygen atoms in total. The first-order valence-electron chi connectivity index (χ1n) is 8.47. The van der Waals surface area contributed by atoms with Gasteiger partial charge in [0.05, 0.1) is 23.4 Å². The van der Waals surface area contributed by atoms with Gasteiger partial charge in [-0.15, -0.1) is 10.2 Å². The standard InChI is InChI=1S/C19H17ClN4O3S2/c1-27-13-8-6-12(7-9-13)10-21-16(25)11-28-19-24-23-18(29-19)22-17(26)14-4-2-3-5-15(14)20/h2-9H,10-11H2,1H3,(H,21,25)(H,22,23,26). The Morgan fingerprint density at radius 1 is 1.14 bits per heavy atom. The van der Waals surface area contributed by atoms with Crippen molar-refractivity contribution in [3.63, 3.8) is 0 Å². The van der Waals surface area contributed by atoms with Gasteiger partial charge in [-0.25, -0.2) is 0 Å². The lowest BCUT2D eigenvalue weighted by Crippen LogP contribution is -2.24. The fraction of sp³-hybridized carbons (Fsp3) is 0.158. The van der Waals surface area contributed by atoms with Gasteiger partial charge in [-0.05, 0) is 29.8 Å². The Morgan fingerprint density at radius 2 is 1.90 bits per heavy atom. The summed E-state index contributed by atoms with van der Waals surface area (Å²) in [5, 5.41) is 14.1. The van der Waals surface area contributed by atoms with Crippen LogP contribution in [0.1, 0.15) is 15.9 Å². The van der Waals surface area contributed by atoms with Crippen LogP contribution in [0.25, 0.3) is 0 Å². The van der Waals surface area contributed by atoms with Crippen LogP contribution >= 0.6 is 34.7 Å². The van der Waals surface area contributed by atoms with Crippen LogP contribution in [0.5, 0.6) is 5.75 Å². The summed E-state index contributed by atoms with van der Waals surface area (Å²) in [4.78, 5) is 24.3. The van der Waals surface area contributed by atoms with Gasteiger partial charge in [-0.3, -0.25) is 14.9 Å². The SMILES string of the molecule is COc1ccc(CNC(=O)CSc2nnc(NC(=O)c3ccccc3Cl)s2)cc1. The van der Waals surface area contributed by atoms with Crippen molar-refractivity contribution in [2.75, 3.05) is 18.2 Å². The summed E-state index contributed by atoms with van der Waals surface area (Å²) in [7, 11) is 1.61. The van der Waals surface area contributed by atoms with E-state index in [0.717, 1.165) is 11.3 Å². The number of methoxy groups -OCH3 is 1. The van der Waals surface area contributed by atoms with Crippen molar-refractivity contribution in [2.24, 2.45) is 0 Å². The average molecular weight is 449 g/mol. The summed E-state index contributed by atoms with van der Waals surface area (Å²) < 4.78 is 5.69. The number of hydrogen-bond donors (Lipinski definition) is 2. The lowest BCUT2D eigenvalue weighted by atomic mass is 10.2. The van der Waals surface area contributed by atoms with E-state index in [4.69, 9.17) is 16.3 Å². The Kier molecular flexibility index (Phi) is 7.45. The van der Waals surface area contributed by atoms with Crippen LogP contribution in [0.2, 0.25) is 5.02 Å². The number of anilines is 1. The van der Waals surface area contributed by atoms with Crippen LogP contribution in [0.4, 0.5) is 5.13 Å². The van der Waals surface area contributed by atoms with E-state index >= 15 is 0 Å². The third kappa shape index (κ3) is 6.18. The van der Waals surface area contributed by atoms with E-state index in [0.29, 0.717) is 26.6 Å². The molecule has 2 amide bonds. The van der Waals surface area contributed by atoms with Crippen molar-refractivity contribution in [2.45, 2.75) is 10.9 Å². The summed E-state index contributed by atoms with van der Waals surface area (Å²) in [5.41, 5.74) is 1.33. The number of halogens is 1. The molecule has 0 saturated heterocycles. The first-order valence-corrected chi connectivity index (χ1v) is 10.6. The number of aromatic nitrogens is 2. The number of ether oxygens (including phenoxy) is 1. The van der Waals surface area contributed by atoms with Crippen LogP contribution in [0.3, 0.4) is 0 Å². The van der Waals surface area contributed by atoms with E-state index in [1.54, 1.807) is 31.4 Å². The fourth-order valence-electron chi connectivity index (χ4n) is 2.25. The van der Waals surface area contributed by atoms with Gasteiger partial charge >= 0.3 is 0 Å². The lowest BCUT2D eigenvalue weighted by molar-refractivity contribution is -0.118. The van der Waals surface area contributed by atoms with Gasteiger partial charge in [0, 0.05) is 6.54 Å². The molecule has 0 atom stereocenters. The molecule has 0 aliphatic carbocycles. The van der Waals surface area contributed by atoms with Crippen LogP contribution < -0.4 is 15.4 Å². The maximum absolute atomic E-state index is 12.2. The highest BCUT2D eigenvalue weighted by Crippen LogP contribution is 2.26. The molecule has 29 heavy (non-hydrogen) atoms. The summed E-state index contributed by atoms with van der Waals surface area (Å²) in [5.74, 6) is 0.482. The van der Waals surface area contributed by atoms with Gasteiger partial charge in [0.1, 0.15) is 5.75 Å². The van der Waals surface area contributed by atoms with Gasteiger partial charge in [0.25, 0.3) is 5.91 Å². The molecule has 3 aromatic rings. The second-order valence-corrected chi connectivity index (χ2v) is 8.33. The minimum absolute atomic E-state index is 0.123. The Balaban J connectivity index is 1.45. The molecule has 2 N–H and O–H groups in total. The predicted octanol–water partition coefficient (Wildman–Crippen LogP) is 3.86. The first-order chi connectivity index (χ1) is 14.0. The van der Waals surface area contributed by atoms with Crippen LogP contribution in [-0.4, -0.2) is 34.9 Å². The van der Waals surface area contributed by atoms with Crippen molar-refractivity contribution in [1.29, 1.82) is 0 Å². The second-order valence-electron chi connectivity index (χ2n) is 5.72. The number of carbonyl (C=O) groups excluding carboxylic acids is 2. The Labute approximate surface area is 180 Å². The van der Waals surface area contributed by atoms with E-state index < -0.39 is 0 Å². The molecule has 0 spiro atoms. The molecule has 2 aromatic carbocycles. The van der Waals surface area contributed by atoms with E-state index in [-0.39, 0.29) is 17.6 Å². The summed E-state index contributed by atoms with van der Waals surface area (Å²) >= 11 is 8.46. The third-order valence-corrected chi connectivity index (χ3v) is 6.02. The topological polar surface area (TPSA) is 93.2 Å². The van der Waals surface area contributed by atoms with E-state index in [9.17, 15) is 9.59 Å². The second kappa shape index (κ2) is 10.2. The van der Waals surface area contributed by atoms with Gasteiger partial charge in [0.15, 0.2) is 4.34 Å². The Morgan fingerprint density at radius 3 is 2.62 bits per heavy atom. The monoisotopic (exact) mass is 448 g/mol. The van der Waals surface area contributed by atoms with Gasteiger partial charge in [-0.1, -0.05) is 59.0 Å². The lowest BCUT2D eigenvalue weighted by Gasteiger charge is -2.05. The predicted molar refractivity (Wildman–Crippen MR) is 115 cm³/mol. The first kappa shape index (κ1) is 21.1. The number of nitrogens with zero attached hydrogens (tertiary/aromatic N) is 2. The molecule has 150 valence electrons. The fourth-order valence-corrected chi connectivity index (χ4v) is 4.05. The van der Waals surface area contributed by atoms with Crippen molar-refractivity contribution < 1.29 is 14.3 Å². The third-order valence-electron chi connectivity index (χ3n) is 3.72. The maximum atomic E-state index is 12.2. The zero-order valence-corrected chi connectivity index (χ0v) is 17.7. The largest absolute Gasteiger partial charge is 0.497 e. The number of carbonyl (C=O) groups is 2. The van der Waals surface area contributed by atoms with E-state index in [1.807, 2.05) is 24.3 Å². The van der Waals surface area contributed by atoms with Gasteiger partial charge < -0.3 is 10.1 Å². The quantitative estimate of drug-likeness (QED) is 0.401. The van der Waals surface area contributed by atoms with Crippen LogP contribution in [0.15, 0.2) is 52.9 Å². The van der Waals surface area contributed by atoms with Crippen molar-refractivity contribution in [3.05, 3.63) is 64.7 Å². The molecule has 0 aliphatic rings. The number of nitrogens with one attached hydrogen (secondary N) is 2. The minimum Gasteiger partial charge on any atom is -0.497 e. The molecule has 0 aliphatic heterocycles. The number of thioether (sulfide) groups is 1. The zero-order valence-electron chi connectivity index (χ0n) is 15.3. The zero-order chi connectivity index (χ0) is 20.6. The van der Waals surface area contributed by atoms with Crippen LogP contribution in [0, 0.1) is 0 Å². The highest BCUT2D eigenvalue weighted by atomic mass is 35.5. The number of rotatable bonds is 8. The Hall–Kier alpha value is -2.62. The molecule has 0 saturated carbocycles. The summed E-state index contributed by atoms with van der Waals surface area (Å²) in [6.45, 7) is 0.429. The number of amides is 2. The number of benzene rings is 2. The summed E-state index contributed by atoms with van der Waals surface area (Å²) in [6, 6.07) is 14.2. The molecule has 10 heteroatoms. The van der Waals surface area contributed by atoms with Crippen molar-refractivity contribution in [3.8, 4) is 5.75 Å². The Bertz CT molecular complexity index is 995. The normalized spacial score (nSPS) is 10.4. The maximum Gasteiger partial charge on any atom is 0.259 e. The molecule has 0 bridgehead atoms. The van der Waals surface area contributed by atoms with Gasteiger partial charge in [-0.2, -0.15) is 0 Å². The van der Waals surface area contributed by atoms with Crippen molar-refractivity contribution in [1.82, 2.24) is 15.5 Å². The number of hydrogen-bond acceptors (Lipinski definition) is 7. The molecular formula is C19H17ClN4O3S2. The van der Waals surface area contributed by atoms with E-state index in [2.05, 4.69) is 20.8 Å². The molecule has 3 rings (SSSR count). The summed E-state index contributed by atoms with van der Waals surface area (Å²) in [6.07, 6.45) is 0. The molecule has 1 aromatic heterocycles. The van der Waals surface area contributed by atoms with Crippen LogP contribution in [-0.2, 0) is 11.3 Å². The molecule has 0 radical (unpaired) electrons. The van der Waals surface area contributed by atoms with Gasteiger partial charge in [0.2, 0.25) is 11.0 Å². The minimum atomic E-state index is -0.361. The molecule has 1 heterocycles. The molecular weight excluding hydrogens is 432 g/mol. The molecule has 0 unspecified atom stereocenters. The van der Waals surface area contributed by atoms with Crippen molar-refractivity contribution >= 4 is 51.6 Å². The molecule has 0 fully saturated rings. The average Bonchev–Trinajstić information content (AvgIpc) is 3.18. The smallest absolute Gasteiger partial charge is 0.259 e. The highest BCUT2D eigenvalue weighted by molar-refractivity contribution is 8.01. The highest BCUT2D eigenvalue weighted by Gasteiger charge is 2.13. The van der Waals surface area contributed by atoms with E-state index in [1.165, 1.54) is 23.1 Å².